The molecule has 1 rings (SSSR count). The van der Waals surface area contributed by atoms with Gasteiger partial charge in [-0.15, -0.1) is 0 Å². The Morgan fingerprint density at radius 2 is 2.09 bits per heavy atom. The molecule has 0 saturated heterocycles. The van der Waals surface area contributed by atoms with Crippen LogP contribution in [0.2, 0.25) is 0 Å². The second-order valence-electron chi connectivity index (χ2n) is 2.39. The molecule has 1 heteroatoms. The summed E-state index contributed by atoms with van der Waals surface area (Å²) in [6.45, 7) is 7.47. The Hall–Kier alpha value is -1.37. The first kappa shape index (κ1) is 7.73. The van der Waals surface area contributed by atoms with Gasteiger partial charge in [0.2, 0.25) is 0 Å². The molecule has 1 nitrogen and oxygen atoms in total. The van der Waals surface area contributed by atoms with Crippen LogP contribution in [-0.4, -0.2) is 4.98 Å². The summed E-state index contributed by atoms with van der Waals surface area (Å²) in [5.74, 6) is 0. The van der Waals surface area contributed by atoms with E-state index < -0.39 is 0 Å². The monoisotopic (exact) mass is 145 g/mol. The van der Waals surface area contributed by atoms with Crippen LogP contribution in [0.4, 0.5) is 0 Å². The SMILES string of the molecule is C=CC(=C)Cc1ccncc1. The smallest absolute Gasteiger partial charge is 0.0270 e. The lowest BCUT2D eigenvalue weighted by Crippen LogP contribution is -1.85. The lowest BCUT2D eigenvalue weighted by molar-refractivity contribution is 1.17. The first-order chi connectivity index (χ1) is 5.33. The van der Waals surface area contributed by atoms with E-state index in [0.29, 0.717) is 0 Å². The van der Waals surface area contributed by atoms with Gasteiger partial charge in [0.15, 0.2) is 0 Å². The number of nitrogens with zero attached hydrogens (tertiary/aromatic N) is 1. The highest BCUT2D eigenvalue weighted by Crippen LogP contribution is 2.04. The highest BCUT2D eigenvalue weighted by Gasteiger charge is 1.90. The number of hydrogen-bond donors (Lipinski definition) is 0. The predicted molar refractivity (Wildman–Crippen MR) is 47.3 cm³/mol. The first-order valence-electron chi connectivity index (χ1n) is 3.52. The van der Waals surface area contributed by atoms with E-state index in [1.165, 1.54) is 5.56 Å². The van der Waals surface area contributed by atoms with Crippen molar-refractivity contribution in [2.75, 3.05) is 0 Å². The Labute approximate surface area is 67.1 Å². The summed E-state index contributed by atoms with van der Waals surface area (Å²) in [6, 6.07) is 3.96. The zero-order valence-electron chi connectivity index (χ0n) is 6.46. The Balaban J connectivity index is 2.65. The molecule has 0 unspecified atom stereocenters. The maximum Gasteiger partial charge on any atom is 0.0270 e. The Morgan fingerprint density at radius 1 is 1.45 bits per heavy atom. The van der Waals surface area contributed by atoms with Crippen molar-refractivity contribution in [1.82, 2.24) is 4.98 Å². The molecule has 0 radical (unpaired) electrons. The molecule has 1 heterocycles. The number of aromatic nitrogens is 1. The molecule has 0 spiro atoms. The van der Waals surface area contributed by atoms with Crippen molar-refractivity contribution >= 4 is 0 Å². The summed E-state index contributed by atoms with van der Waals surface area (Å²) in [4.78, 5) is 3.92. The van der Waals surface area contributed by atoms with Crippen LogP contribution in [0.15, 0.2) is 49.3 Å². The van der Waals surface area contributed by atoms with Crippen molar-refractivity contribution in [3.05, 3.63) is 54.9 Å². The molecule has 0 fully saturated rings. The van der Waals surface area contributed by atoms with Crippen molar-refractivity contribution in [2.45, 2.75) is 6.42 Å². The Morgan fingerprint density at radius 3 is 2.64 bits per heavy atom. The fourth-order valence-electron chi connectivity index (χ4n) is 0.835. The summed E-state index contributed by atoms with van der Waals surface area (Å²) in [5.41, 5.74) is 2.26. The van der Waals surface area contributed by atoms with Gasteiger partial charge in [-0.1, -0.05) is 24.8 Å². The fraction of sp³-hybridized carbons (Fsp3) is 0.100. The Bertz CT molecular complexity index is 249. The quantitative estimate of drug-likeness (QED) is 0.595. The number of hydrogen-bond acceptors (Lipinski definition) is 1. The molecule has 1 aromatic rings. The molecular formula is C10H11N. The van der Waals surface area contributed by atoms with Gasteiger partial charge in [0, 0.05) is 12.4 Å². The third kappa shape index (κ3) is 2.38. The molecule has 0 N–H and O–H groups in total. The van der Waals surface area contributed by atoms with Gasteiger partial charge in [-0.25, -0.2) is 0 Å². The van der Waals surface area contributed by atoms with Crippen LogP contribution in [0, 0.1) is 0 Å². The summed E-state index contributed by atoms with van der Waals surface area (Å²) in [7, 11) is 0. The average molecular weight is 145 g/mol. The fourth-order valence-corrected chi connectivity index (χ4v) is 0.835. The molecule has 0 atom stereocenters. The van der Waals surface area contributed by atoms with Crippen LogP contribution in [0.25, 0.3) is 0 Å². The van der Waals surface area contributed by atoms with Crippen molar-refractivity contribution in [3.63, 3.8) is 0 Å². The van der Waals surface area contributed by atoms with E-state index in [-0.39, 0.29) is 0 Å². The summed E-state index contributed by atoms with van der Waals surface area (Å²) in [5, 5.41) is 0. The van der Waals surface area contributed by atoms with Crippen LogP contribution in [0.5, 0.6) is 0 Å². The summed E-state index contributed by atoms with van der Waals surface area (Å²) >= 11 is 0. The number of pyridine rings is 1. The van der Waals surface area contributed by atoms with Crippen LogP contribution in [0.1, 0.15) is 5.56 Å². The molecule has 0 bridgehead atoms. The van der Waals surface area contributed by atoms with Gasteiger partial charge >= 0.3 is 0 Å². The third-order valence-electron chi connectivity index (χ3n) is 1.47. The summed E-state index contributed by atoms with van der Waals surface area (Å²) < 4.78 is 0. The predicted octanol–water partition coefficient (Wildman–Crippen LogP) is 2.37. The molecule has 0 aliphatic carbocycles. The van der Waals surface area contributed by atoms with Crippen LogP contribution < -0.4 is 0 Å². The lowest BCUT2D eigenvalue weighted by Gasteiger charge is -1.98. The second-order valence-corrected chi connectivity index (χ2v) is 2.39. The van der Waals surface area contributed by atoms with Crippen molar-refractivity contribution < 1.29 is 0 Å². The topological polar surface area (TPSA) is 12.9 Å². The minimum absolute atomic E-state index is 0.867. The molecule has 0 aliphatic rings. The normalized spacial score (nSPS) is 9.09. The molecule has 11 heavy (non-hydrogen) atoms. The van der Waals surface area contributed by atoms with E-state index in [4.69, 9.17) is 0 Å². The van der Waals surface area contributed by atoms with E-state index in [1.807, 2.05) is 12.1 Å². The van der Waals surface area contributed by atoms with Gasteiger partial charge in [-0.2, -0.15) is 0 Å². The molecule has 0 saturated carbocycles. The summed E-state index contributed by atoms with van der Waals surface area (Å²) in [6.07, 6.45) is 6.21. The number of rotatable bonds is 3. The van der Waals surface area contributed by atoms with Crippen LogP contribution in [0.3, 0.4) is 0 Å². The maximum atomic E-state index is 3.92. The highest BCUT2D eigenvalue weighted by molar-refractivity contribution is 5.23. The zero-order valence-corrected chi connectivity index (χ0v) is 6.46. The van der Waals surface area contributed by atoms with Gasteiger partial charge in [0.1, 0.15) is 0 Å². The minimum atomic E-state index is 0.867. The highest BCUT2D eigenvalue weighted by atomic mass is 14.6. The van der Waals surface area contributed by atoms with Gasteiger partial charge in [-0.05, 0) is 24.1 Å². The largest absolute Gasteiger partial charge is 0.265 e. The van der Waals surface area contributed by atoms with Gasteiger partial charge < -0.3 is 0 Å². The van der Waals surface area contributed by atoms with Crippen LogP contribution in [-0.2, 0) is 6.42 Å². The zero-order chi connectivity index (χ0) is 8.10. The molecular weight excluding hydrogens is 134 g/mol. The van der Waals surface area contributed by atoms with Crippen molar-refractivity contribution in [1.29, 1.82) is 0 Å². The number of allylic oxidation sites excluding steroid dienone is 2. The van der Waals surface area contributed by atoms with Gasteiger partial charge in [0.05, 0.1) is 0 Å². The van der Waals surface area contributed by atoms with Crippen LogP contribution >= 0.6 is 0 Å². The molecule has 0 aromatic carbocycles. The Kier molecular flexibility index (Phi) is 2.61. The van der Waals surface area contributed by atoms with Gasteiger partial charge in [0.25, 0.3) is 0 Å². The van der Waals surface area contributed by atoms with E-state index >= 15 is 0 Å². The van der Waals surface area contributed by atoms with E-state index in [2.05, 4.69) is 18.1 Å². The minimum Gasteiger partial charge on any atom is -0.265 e. The van der Waals surface area contributed by atoms with E-state index in [1.54, 1.807) is 18.5 Å². The van der Waals surface area contributed by atoms with E-state index in [0.717, 1.165) is 12.0 Å². The lowest BCUT2D eigenvalue weighted by atomic mass is 10.1. The molecule has 56 valence electrons. The molecule has 1 aromatic heterocycles. The average Bonchev–Trinajstić information content (AvgIpc) is 2.06. The first-order valence-corrected chi connectivity index (χ1v) is 3.52. The second kappa shape index (κ2) is 3.71. The van der Waals surface area contributed by atoms with E-state index in [9.17, 15) is 0 Å². The molecule has 0 aliphatic heterocycles. The van der Waals surface area contributed by atoms with Crippen molar-refractivity contribution in [3.8, 4) is 0 Å². The maximum absolute atomic E-state index is 3.92. The molecule has 0 amide bonds. The van der Waals surface area contributed by atoms with Crippen molar-refractivity contribution in [2.24, 2.45) is 0 Å². The standard InChI is InChI=1S/C10H11N/c1-3-9(2)8-10-4-6-11-7-5-10/h3-7H,1-2,8H2. The van der Waals surface area contributed by atoms with Gasteiger partial charge in [-0.3, -0.25) is 4.98 Å². The third-order valence-corrected chi connectivity index (χ3v) is 1.47.